The highest BCUT2D eigenvalue weighted by atomic mass is 16.4. The minimum Gasteiger partial charge on any atom is -0.481 e. The lowest BCUT2D eigenvalue weighted by Gasteiger charge is -2.27. The normalized spacial score (nSPS) is 20.8. The molecule has 1 saturated carbocycles. The van der Waals surface area contributed by atoms with Crippen molar-refractivity contribution in [3.8, 4) is 0 Å². The van der Waals surface area contributed by atoms with E-state index in [0.717, 1.165) is 17.8 Å². The Morgan fingerprint density at radius 3 is 2.71 bits per heavy atom. The van der Waals surface area contributed by atoms with Crippen molar-refractivity contribution in [2.24, 2.45) is 5.92 Å². The van der Waals surface area contributed by atoms with Gasteiger partial charge < -0.3 is 10.4 Å². The second-order valence-electron chi connectivity index (χ2n) is 5.95. The molecule has 1 unspecified atom stereocenters. The summed E-state index contributed by atoms with van der Waals surface area (Å²) in [5, 5.41) is 12.0. The van der Waals surface area contributed by atoms with E-state index in [9.17, 15) is 9.59 Å². The lowest BCUT2D eigenvalue weighted by Crippen LogP contribution is -2.42. The maximum absolute atomic E-state index is 12.4. The zero-order valence-corrected chi connectivity index (χ0v) is 11.9. The summed E-state index contributed by atoms with van der Waals surface area (Å²) >= 11 is 0. The summed E-state index contributed by atoms with van der Waals surface area (Å²) in [6, 6.07) is 7.47. The van der Waals surface area contributed by atoms with Crippen LogP contribution in [0, 0.1) is 5.92 Å². The largest absolute Gasteiger partial charge is 0.481 e. The van der Waals surface area contributed by atoms with Gasteiger partial charge in [-0.05, 0) is 30.4 Å². The van der Waals surface area contributed by atoms with E-state index in [2.05, 4.69) is 5.32 Å². The lowest BCUT2D eigenvalue weighted by molar-refractivity contribution is -0.137. The van der Waals surface area contributed by atoms with Crippen LogP contribution in [0.2, 0.25) is 0 Å². The summed E-state index contributed by atoms with van der Waals surface area (Å²) < 4.78 is 0. The van der Waals surface area contributed by atoms with Gasteiger partial charge in [0.1, 0.15) is 0 Å². The van der Waals surface area contributed by atoms with E-state index in [1.165, 1.54) is 19.3 Å². The average molecular weight is 288 g/mol. The summed E-state index contributed by atoms with van der Waals surface area (Å²) in [6.07, 6.45) is 3.70. The van der Waals surface area contributed by atoms with Crippen LogP contribution >= 0.6 is 0 Å². The number of para-hydroxylation sites is 1. The maximum atomic E-state index is 12.4. The minimum absolute atomic E-state index is 0.0589. The Morgan fingerprint density at radius 1 is 1.29 bits per heavy atom. The molecule has 0 saturated heterocycles. The quantitative estimate of drug-likeness (QED) is 0.894. The van der Waals surface area contributed by atoms with Crippen LogP contribution in [0.15, 0.2) is 24.3 Å². The molecule has 21 heavy (non-hydrogen) atoms. The number of amides is 2. The van der Waals surface area contributed by atoms with E-state index in [-0.39, 0.29) is 18.4 Å². The van der Waals surface area contributed by atoms with Gasteiger partial charge in [0.05, 0.1) is 6.42 Å². The molecule has 1 aliphatic heterocycles. The molecular formula is C16H20N2O3. The highest BCUT2D eigenvalue weighted by Gasteiger charge is 2.33. The Bertz CT molecular complexity index is 554. The number of rotatable bonds is 4. The van der Waals surface area contributed by atoms with E-state index in [4.69, 9.17) is 5.11 Å². The van der Waals surface area contributed by atoms with E-state index < -0.39 is 5.97 Å². The molecule has 5 heteroatoms. The fraction of sp³-hybridized carbons (Fsp3) is 0.500. The zero-order chi connectivity index (χ0) is 14.8. The van der Waals surface area contributed by atoms with Crippen LogP contribution in [0.5, 0.6) is 0 Å². The monoisotopic (exact) mass is 288 g/mol. The van der Waals surface area contributed by atoms with Crippen LogP contribution in [0.4, 0.5) is 10.5 Å². The number of benzene rings is 1. The van der Waals surface area contributed by atoms with Crippen molar-refractivity contribution in [1.82, 2.24) is 5.32 Å². The van der Waals surface area contributed by atoms with Crippen LogP contribution < -0.4 is 10.2 Å². The molecule has 1 aromatic rings. The fourth-order valence-electron chi connectivity index (χ4n) is 3.10. The van der Waals surface area contributed by atoms with Crippen molar-refractivity contribution in [1.29, 1.82) is 0 Å². The second-order valence-corrected chi connectivity index (χ2v) is 5.95. The molecule has 1 fully saturated rings. The molecule has 1 heterocycles. The summed E-state index contributed by atoms with van der Waals surface area (Å²) in [5.41, 5.74) is 1.80. The number of carboxylic acid groups (broad SMARTS) is 1. The molecule has 0 aromatic heterocycles. The highest BCUT2D eigenvalue weighted by Crippen LogP contribution is 2.38. The first-order valence-electron chi connectivity index (χ1n) is 7.51. The third kappa shape index (κ3) is 2.86. The molecule has 2 amide bonds. The number of urea groups is 1. The Morgan fingerprint density at radius 2 is 2.05 bits per heavy atom. The van der Waals surface area contributed by atoms with Gasteiger partial charge in [-0.1, -0.05) is 24.6 Å². The van der Waals surface area contributed by atoms with Crippen molar-refractivity contribution in [3.63, 3.8) is 0 Å². The number of aliphatic carboxylic acids is 1. The zero-order valence-electron chi connectivity index (χ0n) is 11.9. The standard InChI is InChI=1S/C16H20N2O3/c19-15(20)8-12-10-18(14-7-2-1-6-13(12)14)16(21)17-9-11-4-3-5-11/h1-2,6-7,11-12H,3-5,8-10H2,(H,17,21)(H,19,20). The molecule has 1 aromatic carbocycles. The summed E-state index contributed by atoms with van der Waals surface area (Å²) in [7, 11) is 0. The first kappa shape index (κ1) is 13.9. The van der Waals surface area contributed by atoms with Gasteiger partial charge in [-0.2, -0.15) is 0 Å². The van der Waals surface area contributed by atoms with Crippen molar-refractivity contribution in [3.05, 3.63) is 29.8 Å². The molecular weight excluding hydrogens is 268 g/mol. The number of anilines is 1. The highest BCUT2D eigenvalue weighted by molar-refractivity contribution is 5.95. The SMILES string of the molecule is O=C(O)CC1CN(C(=O)NCC2CCC2)c2ccccc21. The summed E-state index contributed by atoms with van der Waals surface area (Å²) in [6.45, 7) is 1.17. The molecule has 2 aliphatic rings. The third-order valence-electron chi connectivity index (χ3n) is 4.50. The number of carbonyl (C=O) groups is 2. The smallest absolute Gasteiger partial charge is 0.321 e. The molecule has 5 nitrogen and oxygen atoms in total. The molecule has 3 rings (SSSR count). The molecule has 1 atom stereocenters. The van der Waals surface area contributed by atoms with Gasteiger partial charge in [0.25, 0.3) is 0 Å². The molecule has 0 bridgehead atoms. The minimum atomic E-state index is -0.827. The van der Waals surface area contributed by atoms with Crippen molar-refractivity contribution in [2.45, 2.75) is 31.6 Å². The predicted octanol–water partition coefficient (Wildman–Crippen LogP) is 2.57. The Kier molecular flexibility index (Phi) is 3.82. The van der Waals surface area contributed by atoms with Crippen LogP contribution in [-0.4, -0.2) is 30.2 Å². The lowest BCUT2D eigenvalue weighted by atomic mass is 9.85. The van der Waals surface area contributed by atoms with E-state index in [0.29, 0.717) is 12.5 Å². The molecule has 0 spiro atoms. The van der Waals surface area contributed by atoms with Gasteiger partial charge in [0, 0.05) is 24.7 Å². The van der Waals surface area contributed by atoms with Gasteiger partial charge in [0.15, 0.2) is 0 Å². The second kappa shape index (κ2) is 5.76. The number of fused-ring (bicyclic) bond motifs is 1. The van der Waals surface area contributed by atoms with Gasteiger partial charge in [-0.3, -0.25) is 9.69 Å². The van der Waals surface area contributed by atoms with E-state index in [1.807, 2.05) is 24.3 Å². The third-order valence-corrected chi connectivity index (χ3v) is 4.50. The Hall–Kier alpha value is -2.04. The Balaban J connectivity index is 1.70. The maximum Gasteiger partial charge on any atom is 0.321 e. The van der Waals surface area contributed by atoms with Crippen molar-refractivity contribution >= 4 is 17.7 Å². The number of carbonyl (C=O) groups excluding carboxylic acids is 1. The number of hydrogen-bond acceptors (Lipinski definition) is 2. The van der Waals surface area contributed by atoms with Crippen LogP contribution in [0.3, 0.4) is 0 Å². The number of hydrogen-bond donors (Lipinski definition) is 2. The average Bonchev–Trinajstić information content (AvgIpc) is 2.75. The molecule has 112 valence electrons. The predicted molar refractivity (Wildman–Crippen MR) is 79.5 cm³/mol. The van der Waals surface area contributed by atoms with Gasteiger partial charge in [-0.25, -0.2) is 4.79 Å². The van der Waals surface area contributed by atoms with Crippen molar-refractivity contribution < 1.29 is 14.7 Å². The number of nitrogens with zero attached hydrogens (tertiary/aromatic N) is 1. The van der Waals surface area contributed by atoms with E-state index >= 15 is 0 Å². The first-order chi connectivity index (χ1) is 10.1. The van der Waals surface area contributed by atoms with Gasteiger partial charge in [-0.15, -0.1) is 0 Å². The van der Waals surface area contributed by atoms with Crippen molar-refractivity contribution in [2.75, 3.05) is 18.0 Å². The van der Waals surface area contributed by atoms with E-state index in [1.54, 1.807) is 4.90 Å². The van der Waals surface area contributed by atoms with Crippen LogP contribution in [-0.2, 0) is 4.79 Å². The van der Waals surface area contributed by atoms with Gasteiger partial charge >= 0.3 is 12.0 Å². The number of carboxylic acids is 1. The van der Waals surface area contributed by atoms with Gasteiger partial charge in [0.2, 0.25) is 0 Å². The summed E-state index contributed by atoms with van der Waals surface area (Å²) in [4.78, 5) is 25.0. The first-order valence-corrected chi connectivity index (χ1v) is 7.51. The molecule has 1 aliphatic carbocycles. The Labute approximate surface area is 123 Å². The fourth-order valence-corrected chi connectivity index (χ4v) is 3.10. The molecule has 0 radical (unpaired) electrons. The molecule has 2 N–H and O–H groups in total. The summed E-state index contributed by atoms with van der Waals surface area (Å²) in [5.74, 6) is -0.332. The topological polar surface area (TPSA) is 69.6 Å². The van der Waals surface area contributed by atoms with Crippen LogP contribution in [0.1, 0.15) is 37.2 Å². The van der Waals surface area contributed by atoms with Crippen LogP contribution in [0.25, 0.3) is 0 Å². The number of nitrogens with one attached hydrogen (secondary N) is 1.